The summed E-state index contributed by atoms with van der Waals surface area (Å²) >= 11 is 0. The van der Waals surface area contributed by atoms with Gasteiger partial charge in [0.1, 0.15) is 5.60 Å². The third-order valence-corrected chi connectivity index (χ3v) is 3.79. The van der Waals surface area contributed by atoms with Gasteiger partial charge in [0, 0.05) is 0 Å². The molecule has 1 aliphatic rings. The number of hydrogen-bond donors (Lipinski definition) is 2. The molecule has 0 heterocycles. The quantitative estimate of drug-likeness (QED) is 0.843. The van der Waals surface area contributed by atoms with E-state index in [0.29, 0.717) is 12.8 Å². The van der Waals surface area contributed by atoms with Gasteiger partial charge in [-0.15, -0.1) is 0 Å². The van der Waals surface area contributed by atoms with Gasteiger partial charge in [-0.1, -0.05) is 30.7 Å². The fourth-order valence-electron chi connectivity index (χ4n) is 2.85. The van der Waals surface area contributed by atoms with Crippen LogP contribution < -0.4 is 0 Å². The predicted molar refractivity (Wildman–Crippen MR) is 64.8 cm³/mol. The lowest BCUT2D eigenvalue weighted by Crippen LogP contribution is -2.37. The second kappa shape index (κ2) is 4.15. The molecule has 0 fully saturated rings. The molecular formula is C14H18O3. The summed E-state index contributed by atoms with van der Waals surface area (Å²) in [5.74, 6) is -1.63. The average Bonchev–Trinajstić information content (AvgIpc) is 2.58. The standard InChI is InChI=1S/C14H18O3/c1-3-11(13(15)16)14(17)7-6-10-5-4-9(2)8-12(10)14/h4-5,8,11,17H,3,6-7H2,1-2H3,(H,15,16). The highest BCUT2D eigenvalue weighted by Gasteiger charge is 2.46. The van der Waals surface area contributed by atoms with Gasteiger partial charge >= 0.3 is 5.97 Å². The van der Waals surface area contributed by atoms with E-state index in [2.05, 4.69) is 0 Å². The molecule has 2 unspecified atom stereocenters. The van der Waals surface area contributed by atoms with E-state index in [-0.39, 0.29) is 0 Å². The highest BCUT2D eigenvalue weighted by Crippen LogP contribution is 2.43. The first-order chi connectivity index (χ1) is 7.99. The van der Waals surface area contributed by atoms with Crippen LogP contribution in [0.3, 0.4) is 0 Å². The van der Waals surface area contributed by atoms with Gasteiger partial charge in [0.05, 0.1) is 5.92 Å². The zero-order chi connectivity index (χ0) is 12.6. The summed E-state index contributed by atoms with van der Waals surface area (Å²) in [5.41, 5.74) is 1.76. The van der Waals surface area contributed by atoms with E-state index in [9.17, 15) is 15.0 Å². The molecule has 0 radical (unpaired) electrons. The van der Waals surface area contributed by atoms with E-state index in [1.165, 1.54) is 0 Å². The SMILES string of the molecule is CCC(C(=O)O)C1(O)CCc2ccc(C)cc21. The Labute approximate surface area is 101 Å². The molecule has 0 aliphatic heterocycles. The smallest absolute Gasteiger partial charge is 0.309 e. The molecule has 2 atom stereocenters. The number of carbonyl (C=O) groups is 1. The topological polar surface area (TPSA) is 57.5 Å². The first kappa shape index (κ1) is 12.1. The second-order valence-electron chi connectivity index (χ2n) is 4.88. The van der Waals surface area contributed by atoms with Gasteiger partial charge in [0.15, 0.2) is 0 Å². The summed E-state index contributed by atoms with van der Waals surface area (Å²) in [5, 5.41) is 20.0. The minimum Gasteiger partial charge on any atom is -0.481 e. The third kappa shape index (κ3) is 1.84. The Morgan fingerprint density at radius 1 is 1.53 bits per heavy atom. The van der Waals surface area contributed by atoms with Gasteiger partial charge < -0.3 is 10.2 Å². The van der Waals surface area contributed by atoms with Crippen molar-refractivity contribution < 1.29 is 15.0 Å². The van der Waals surface area contributed by atoms with E-state index in [1.54, 1.807) is 0 Å². The molecule has 2 N–H and O–H groups in total. The van der Waals surface area contributed by atoms with Gasteiger partial charge in [-0.05, 0) is 37.3 Å². The molecule has 2 rings (SSSR count). The van der Waals surface area contributed by atoms with Crippen molar-refractivity contribution in [2.24, 2.45) is 5.92 Å². The minimum absolute atomic E-state index is 0.444. The maximum absolute atomic E-state index is 11.3. The van der Waals surface area contributed by atoms with Crippen LogP contribution in [0, 0.1) is 12.8 Å². The largest absolute Gasteiger partial charge is 0.481 e. The molecule has 0 saturated heterocycles. The van der Waals surface area contributed by atoms with Crippen molar-refractivity contribution in [2.45, 2.75) is 38.7 Å². The highest BCUT2D eigenvalue weighted by molar-refractivity contribution is 5.72. The molecule has 1 aromatic rings. The van der Waals surface area contributed by atoms with Crippen LogP contribution >= 0.6 is 0 Å². The first-order valence-electron chi connectivity index (χ1n) is 6.04. The third-order valence-electron chi connectivity index (χ3n) is 3.79. The molecule has 3 heteroatoms. The number of carboxylic acids is 1. The van der Waals surface area contributed by atoms with Gasteiger partial charge in [-0.2, -0.15) is 0 Å². The van der Waals surface area contributed by atoms with E-state index in [0.717, 1.165) is 23.1 Å². The summed E-state index contributed by atoms with van der Waals surface area (Å²) < 4.78 is 0. The van der Waals surface area contributed by atoms with Crippen LogP contribution in [0.2, 0.25) is 0 Å². The van der Waals surface area contributed by atoms with Crippen molar-refractivity contribution >= 4 is 5.97 Å². The minimum atomic E-state index is -1.19. The molecule has 0 bridgehead atoms. The fourth-order valence-corrected chi connectivity index (χ4v) is 2.85. The summed E-state index contributed by atoms with van der Waals surface area (Å²) in [6.45, 7) is 3.77. The van der Waals surface area contributed by atoms with Crippen molar-refractivity contribution in [1.82, 2.24) is 0 Å². The Hall–Kier alpha value is -1.35. The summed E-state index contributed by atoms with van der Waals surface area (Å²) in [4.78, 5) is 11.3. The van der Waals surface area contributed by atoms with Gasteiger partial charge in [-0.3, -0.25) is 4.79 Å². The number of aliphatic carboxylic acids is 1. The van der Waals surface area contributed by atoms with Gasteiger partial charge in [0.25, 0.3) is 0 Å². The van der Waals surface area contributed by atoms with Crippen molar-refractivity contribution in [3.05, 3.63) is 34.9 Å². The molecular weight excluding hydrogens is 216 g/mol. The molecule has 3 nitrogen and oxygen atoms in total. The normalized spacial score (nSPS) is 24.4. The van der Waals surface area contributed by atoms with Gasteiger partial charge in [-0.25, -0.2) is 0 Å². The number of hydrogen-bond acceptors (Lipinski definition) is 2. The molecule has 0 spiro atoms. The number of aliphatic hydroxyl groups is 1. The lowest BCUT2D eigenvalue weighted by Gasteiger charge is -2.30. The van der Waals surface area contributed by atoms with Crippen LogP contribution in [0.1, 0.15) is 36.5 Å². The number of rotatable bonds is 3. The Balaban J connectivity index is 2.49. The maximum Gasteiger partial charge on any atom is 0.309 e. The van der Waals surface area contributed by atoms with E-state index in [1.807, 2.05) is 32.0 Å². The van der Waals surface area contributed by atoms with Crippen LogP contribution in [-0.2, 0) is 16.8 Å². The van der Waals surface area contributed by atoms with Crippen LogP contribution in [0.25, 0.3) is 0 Å². The molecule has 0 aromatic heterocycles. The van der Waals surface area contributed by atoms with Crippen LogP contribution in [0.5, 0.6) is 0 Å². The van der Waals surface area contributed by atoms with Gasteiger partial charge in [0.2, 0.25) is 0 Å². The number of carboxylic acid groups (broad SMARTS) is 1. The number of fused-ring (bicyclic) bond motifs is 1. The summed E-state index contributed by atoms with van der Waals surface area (Å²) in [6.07, 6.45) is 1.71. The Morgan fingerprint density at radius 3 is 2.82 bits per heavy atom. The molecule has 0 saturated carbocycles. The first-order valence-corrected chi connectivity index (χ1v) is 6.04. The molecule has 17 heavy (non-hydrogen) atoms. The van der Waals surface area contributed by atoms with E-state index < -0.39 is 17.5 Å². The number of benzene rings is 1. The van der Waals surface area contributed by atoms with Crippen molar-refractivity contribution in [1.29, 1.82) is 0 Å². The van der Waals surface area contributed by atoms with Crippen molar-refractivity contribution in [3.63, 3.8) is 0 Å². The Kier molecular flexibility index (Phi) is 2.96. The van der Waals surface area contributed by atoms with Crippen molar-refractivity contribution in [3.8, 4) is 0 Å². The number of aryl methyl sites for hydroxylation is 2. The van der Waals surface area contributed by atoms with Crippen molar-refractivity contribution in [2.75, 3.05) is 0 Å². The average molecular weight is 234 g/mol. The van der Waals surface area contributed by atoms with Crippen LogP contribution in [-0.4, -0.2) is 16.2 Å². The molecule has 0 amide bonds. The lowest BCUT2D eigenvalue weighted by atomic mass is 9.80. The zero-order valence-electron chi connectivity index (χ0n) is 10.2. The Morgan fingerprint density at radius 2 is 2.24 bits per heavy atom. The highest BCUT2D eigenvalue weighted by atomic mass is 16.4. The zero-order valence-corrected chi connectivity index (χ0v) is 10.2. The maximum atomic E-state index is 11.3. The van der Waals surface area contributed by atoms with E-state index in [4.69, 9.17) is 0 Å². The van der Waals surface area contributed by atoms with Crippen LogP contribution in [0.15, 0.2) is 18.2 Å². The molecule has 1 aromatic carbocycles. The summed E-state index contributed by atoms with van der Waals surface area (Å²) in [6, 6.07) is 5.93. The monoisotopic (exact) mass is 234 g/mol. The summed E-state index contributed by atoms with van der Waals surface area (Å²) in [7, 11) is 0. The molecule has 1 aliphatic carbocycles. The second-order valence-corrected chi connectivity index (χ2v) is 4.88. The Bertz CT molecular complexity index is 453. The van der Waals surface area contributed by atoms with Crippen LogP contribution in [0.4, 0.5) is 0 Å². The predicted octanol–water partition coefficient (Wildman–Crippen LogP) is 2.24. The fraction of sp³-hybridized carbons (Fsp3) is 0.500. The van der Waals surface area contributed by atoms with E-state index >= 15 is 0 Å². The lowest BCUT2D eigenvalue weighted by molar-refractivity contribution is -0.153. The molecule has 92 valence electrons.